The zero-order valence-electron chi connectivity index (χ0n) is 16.3. The molecular weight excluding hydrogens is 378 g/mol. The number of para-hydroxylation sites is 2. The van der Waals surface area contributed by atoms with Gasteiger partial charge < -0.3 is 9.80 Å². The van der Waals surface area contributed by atoms with Gasteiger partial charge in [-0.2, -0.15) is 0 Å². The molecule has 0 spiro atoms. The number of carbonyl (C=O) groups is 1. The lowest BCUT2D eigenvalue weighted by molar-refractivity contribution is -0.917. The van der Waals surface area contributed by atoms with E-state index in [2.05, 4.69) is 42.5 Å². The Balaban J connectivity index is 1.34. The number of fused-ring (bicyclic) bond motifs is 2. The van der Waals surface area contributed by atoms with Gasteiger partial charge in [-0.15, -0.1) is 0 Å². The summed E-state index contributed by atoms with van der Waals surface area (Å²) in [4.78, 5) is 21.3. The summed E-state index contributed by atoms with van der Waals surface area (Å²) in [6.45, 7) is 4.55. The standard InChI is InChI=1S/C24H23N3OS/c28-24(26-16-14-25(15-17-26)18-19-8-2-1-3-9-19)27-20-10-4-6-12-22(20)29-23-13-7-5-11-21(23)27/h1-13H,14-18H2/p+1. The molecule has 1 N–H and O–H groups in total. The Kier molecular flexibility index (Phi) is 5.00. The van der Waals surface area contributed by atoms with Crippen LogP contribution in [0.1, 0.15) is 5.56 Å². The van der Waals surface area contributed by atoms with E-state index in [1.54, 1.807) is 11.8 Å². The van der Waals surface area contributed by atoms with Crippen LogP contribution in [0.25, 0.3) is 0 Å². The predicted octanol–water partition coefficient (Wildman–Crippen LogP) is 3.81. The molecule has 29 heavy (non-hydrogen) atoms. The molecular formula is C24H24N3OS+. The number of urea groups is 1. The number of amides is 2. The van der Waals surface area contributed by atoms with Gasteiger partial charge in [0.05, 0.1) is 37.6 Å². The highest BCUT2D eigenvalue weighted by atomic mass is 32.2. The van der Waals surface area contributed by atoms with Crippen molar-refractivity contribution in [1.82, 2.24) is 4.90 Å². The van der Waals surface area contributed by atoms with E-state index in [1.807, 2.05) is 46.2 Å². The Morgan fingerprint density at radius 3 is 1.97 bits per heavy atom. The van der Waals surface area contributed by atoms with Gasteiger partial charge in [-0.25, -0.2) is 4.79 Å². The van der Waals surface area contributed by atoms with Crippen LogP contribution in [0.2, 0.25) is 0 Å². The van der Waals surface area contributed by atoms with Crippen molar-refractivity contribution in [3.05, 3.63) is 84.4 Å². The minimum absolute atomic E-state index is 0.0870. The number of quaternary nitrogens is 1. The monoisotopic (exact) mass is 402 g/mol. The number of nitrogens with zero attached hydrogens (tertiary/aromatic N) is 2. The molecule has 0 saturated carbocycles. The van der Waals surface area contributed by atoms with E-state index in [0.29, 0.717) is 0 Å². The summed E-state index contributed by atoms with van der Waals surface area (Å²) in [5.41, 5.74) is 3.33. The van der Waals surface area contributed by atoms with Crippen LogP contribution >= 0.6 is 11.8 Å². The number of hydrogen-bond acceptors (Lipinski definition) is 2. The van der Waals surface area contributed by atoms with Crippen LogP contribution in [0.3, 0.4) is 0 Å². The first-order chi connectivity index (χ1) is 14.3. The Hall–Kier alpha value is -2.76. The van der Waals surface area contributed by atoms with E-state index in [0.717, 1.165) is 53.9 Å². The molecule has 4 nitrogen and oxygen atoms in total. The summed E-state index contributed by atoms with van der Waals surface area (Å²) < 4.78 is 0. The molecule has 0 bridgehead atoms. The number of anilines is 2. The molecule has 2 aliphatic rings. The van der Waals surface area contributed by atoms with Gasteiger partial charge in [0.1, 0.15) is 6.54 Å². The molecule has 2 amide bonds. The first kappa shape index (κ1) is 18.3. The first-order valence-electron chi connectivity index (χ1n) is 10.1. The second-order valence-electron chi connectivity index (χ2n) is 7.55. The number of benzene rings is 3. The fourth-order valence-corrected chi connectivity index (χ4v) is 5.19. The molecule has 1 fully saturated rings. The topological polar surface area (TPSA) is 28.0 Å². The van der Waals surface area contributed by atoms with Crippen molar-refractivity contribution in [2.75, 3.05) is 31.1 Å². The maximum Gasteiger partial charge on any atom is 0.329 e. The highest BCUT2D eigenvalue weighted by Crippen LogP contribution is 2.48. The molecule has 2 aliphatic heterocycles. The minimum Gasteiger partial charge on any atom is -0.328 e. The maximum absolute atomic E-state index is 13.6. The molecule has 0 unspecified atom stereocenters. The van der Waals surface area contributed by atoms with Gasteiger partial charge in [0, 0.05) is 15.4 Å². The molecule has 146 valence electrons. The summed E-state index contributed by atoms with van der Waals surface area (Å²) in [5.74, 6) is 0. The van der Waals surface area contributed by atoms with Gasteiger partial charge in [-0.05, 0) is 24.3 Å². The Bertz CT molecular complexity index is 970. The van der Waals surface area contributed by atoms with Crippen LogP contribution in [0, 0.1) is 0 Å². The Labute approximate surface area is 175 Å². The maximum atomic E-state index is 13.6. The van der Waals surface area contributed by atoms with Gasteiger partial charge in [0.25, 0.3) is 0 Å². The third-order valence-corrected chi connectivity index (χ3v) is 6.79. The summed E-state index contributed by atoms with van der Waals surface area (Å²) in [6, 6.07) is 27.1. The summed E-state index contributed by atoms with van der Waals surface area (Å²) in [5, 5.41) is 0. The molecule has 0 radical (unpaired) electrons. The van der Waals surface area contributed by atoms with E-state index in [1.165, 1.54) is 10.5 Å². The van der Waals surface area contributed by atoms with Gasteiger partial charge in [-0.3, -0.25) is 4.90 Å². The van der Waals surface area contributed by atoms with Gasteiger partial charge in [0.2, 0.25) is 0 Å². The van der Waals surface area contributed by atoms with E-state index in [-0.39, 0.29) is 6.03 Å². The van der Waals surface area contributed by atoms with Crippen molar-refractivity contribution in [3.63, 3.8) is 0 Å². The van der Waals surface area contributed by atoms with Crippen LogP contribution in [-0.2, 0) is 6.54 Å². The minimum atomic E-state index is 0.0870. The second kappa shape index (κ2) is 7.93. The van der Waals surface area contributed by atoms with E-state index < -0.39 is 0 Å². The third kappa shape index (κ3) is 3.63. The fraction of sp³-hybridized carbons (Fsp3) is 0.208. The number of piperazine rings is 1. The number of hydrogen-bond donors (Lipinski definition) is 1. The largest absolute Gasteiger partial charge is 0.329 e. The molecule has 0 aliphatic carbocycles. The van der Waals surface area contributed by atoms with Crippen LogP contribution < -0.4 is 9.80 Å². The highest BCUT2D eigenvalue weighted by Gasteiger charge is 2.33. The van der Waals surface area contributed by atoms with Crippen LogP contribution in [-0.4, -0.2) is 37.1 Å². The van der Waals surface area contributed by atoms with Crippen molar-refractivity contribution < 1.29 is 9.69 Å². The summed E-state index contributed by atoms with van der Waals surface area (Å²) in [6.07, 6.45) is 0. The third-order valence-electron chi connectivity index (χ3n) is 5.66. The molecule has 2 heterocycles. The summed E-state index contributed by atoms with van der Waals surface area (Å²) in [7, 11) is 0. The lowest BCUT2D eigenvalue weighted by atomic mass is 10.2. The van der Waals surface area contributed by atoms with Crippen molar-refractivity contribution in [2.24, 2.45) is 0 Å². The highest BCUT2D eigenvalue weighted by molar-refractivity contribution is 7.99. The first-order valence-corrected chi connectivity index (χ1v) is 10.9. The lowest BCUT2D eigenvalue weighted by Gasteiger charge is -2.38. The second-order valence-corrected chi connectivity index (χ2v) is 8.64. The van der Waals surface area contributed by atoms with E-state index in [4.69, 9.17) is 0 Å². The molecule has 0 aromatic heterocycles. The van der Waals surface area contributed by atoms with Crippen molar-refractivity contribution in [2.45, 2.75) is 16.3 Å². The lowest BCUT2D eigenvalue weighted by Crippen LogP contribution is -3.13. The molecule has 1 saturated heterocycles. The quantitative estimate of drug-likeness (QED) is 0.706. The van der Waals surface area contributed by atoms with Crippen LogP contribution in [0.15, 0.2) is 88.7 Å². The summed E-state index contributed by atoms with van der Waals surface area (Å²) >= 11 is 1.74. The predicted molar refractivity (Wildman–Crippen MR) is 117 cm³/mol. The Morgan fingerprint density at radius 2 is 1.34 bits per heavy atom. The molecule has 0 atom stereocenters. The van der Waals surface area contributed by atoms with Gasteiger partial charge >= 0.3 is 6.03 Å². The van der Waals surface area contributed by atoms with E-state index in [9.17, 15) is 4.79 Å². The zero-order chi connectivity index (χ0) is 19.6. The van der Waals surface area contributed by atoms with Gasteiger partial charge in [-0.1, -0.05) is 66.4 Å². The SMILES string of the molecule is O=C(N1CC[NH+](Cc2ccccc2)CC1)N1c2ccccc2Sc2ccccc21. The van der Waals surface area contributed by atoms with Gasteiger partial charge in [0.15, 0.2) is 0 Å². The van der Waals surface area contributed by atoms with Crippen molar-refractivity contribution in [3.8, 4) is 0 Å². The van der Waals surface area contributed by atoms with Crippen LogP contribution in [0.4, 0.5) is 16.2 Å². The molecule has 5 heteroatoms. The van der Waals surface area contributed by atoms with Crippen LogP contribution in [0.5, 0.6) is 0 Å². The zero-order valence-corrected chi connectivity index (χ0v) is 17.1. The fourth-order valence-electron chi connectivity index (χ4n) is 4.13. The normalized spacial score (nSPS) is 16.3. The Morgan fingerprint density at radius 1 is 0.793 bits per heavy atom. The molecule has 3 aromatic carbocycles. The van der Waals surface area contributed by atoms with Crippen molar-refractivity contribution >= 4 is 29.2 Å². The van der Waals surface area contributed by atoms with Crippen molar-refractivity contribution in [1.29, 1.82) is 0 Å². The molecule has 5 rings (SSSR count). The number of rotatable bonds is 2. The molecule has 3 aromatic rings. The average molecular weight is 403 g/mol. The number of carbonyl (C=O) groups excluding carboxylic acids is 1. The number of nitrogens with one attached hydrogen (secondary N) is 1. The van der Waals surface area contributed by atoms with E-state index >= 15 is 0 Å². The average Bonchev–Trinajstić information content (AvgIpc) is 2.78. The smallest absolute Gasteiger partial charge is 0.328 e.